The summed E-state index contributed by atoms with van der Waals surface area (Å²) in [5.74, 6) is -0.0168. The third-order valence-corrected chi connectivity index (χ3v) is 5.89. The highest BCUT2D eigenvalue weighted by Crippen LogP contribution is 2.14. The Morgan fingerprint density at radius 1 is 1.00 bits per heavy atom. The molecule has 1 aliphatic heterocycles. The van der Waals surface area contributed by atoms with Gasteiger partial charge in [-0.1, -0.05) is 30.3 Å². The van der Waals surface area contributed by atoms with Crippen molar-refractivity contribution in [2.45, 2.75) is 5.75 Å². The quantitative estimate of drug-likeness (QED) is 0.901. The molecular weight excluding hydrogens is 340 g/mol. The van der Waals surface area contributed by atoms with Crippen molar-refractivity contribution >= 4 is 21.7 Å². The Morgan fingerprint density at radius 2 is 1.64 bits per heavy atom. The number of hydrogen-bond donors (Lipinski definition) is 1. The molecule has 1 aliphatic rings. The van der Waals surface area contributed by atoms with Crippen molar-refractivity contribution in [1.29, 1.82) is 0 Å². The molecule has 1 fully saturated rings. The molecule has 132 valence electrons. The molecule has 3 rings (SSSR count). The highest BCUT2D eigenvalue weighted by atomic mass is 32.2. The van der Waals surface area contributed by atoms with Crippen molar-refractivity contribution in [3.8, 4) is 0 Å². The fourth-order valence-electron chi connectivity index (χ4n) is 2.68. The number of anilines is 1. The Labute approximate surface area is 147 Å². The summed E-state index contributed by atoms with van der Waals surface area (Å²) in [7, 11) is -3.38. The molecule has 0 spiro atoms. The molecule has 1 saturated heterocycles. The first-order chi connectivity index (χ1) is 12.0. The van der Waals surface area contributed by atoms with Crippen LogP contribution in [0.1, 0.15) is 5.56 Å². The van der Waals surface area contributed by atoms with Crippen LogP contribution in [0.3, 0.4) is 0 Å². The van der Waals surface area contributed by atoms with Crippen molar-refractivity contribution in [1.82, 2.24) is 14.2 Å². The minimum Gasteiger partial charge on any atom is -0.322 e. The van der Waals surface area contributed by atoms with Crippen LogP contribution in [-0.4, -0.2) is 54.8 Å². The van der Waals surface area contributed by atoms with Gasteiger partial charge in [-0.25, -0.2) is 13.2 Å². The zero-order valence-corrected chi connectivity index (χ0v) is 14.5. The van der Waals surface area contributed by atoms with Crippen molar-refractivity contribution in [2.75, 3.05) is 31.5 Å². The first-order valence-corrected chi connectivity index (χ1v) is 9.63. The molecule has 0 atom stereocenters. The van der Waals surface area contributed by atoms with E-state index in [4.69, 9.17) is 0 Å². The van der Waals surface area contributed by atoms with Crippen molar-refractivity contribution in [3.05, 3.63) is 60.4 Å². The molecule has 7 nitrogen and oxygen atoms in total. The Balaban J connectivity index is 1.55. The van der Waals surface area contributed by atoms with Crippen LogP contribution in [0.15, 0.2) is 54.9 Å². The van der Waals surface area contributed by atoms with Crippen LogP contribution in [0.2, 0.25) is 0 Å². The van der Waals surface area contributed by atoms with Gasteiger partial charge in [0.05, 0.1) is 5.75 Å². The highest BCUT2D eigenvalue weighted by Gasteiger charge is 2.28. The van der Waals surface area contributed by atoms with Crippen LogP contribution in [0.5, 0.6) is 0 Å². The van der Waals surface area contributed by atoms with Crippen LogP contribution in [0.25, 0.3) is 0 Å². The van der Waals surface area contributed by atoms with Crippen molar-refractivity contribution in [2.24, 2.45) is 0 Å². The zero-order valence-electron chi connectivity index (χ0n) is 13.7. The van der Waals surface area contributed by atoms with Gasteiger partial charge in [0.2, 0.25) is 10.0 Å². The minimum absolute atomic E-state index is 0.0168. The van der Waals surface area contributed by atoms with E-state index in [1.54, 1.807) is 41.6 Å². The van der Waals surface area contributed by atoms with Crippen LogP contribution >= 0.6 is 0 Å². The van der Waals surface area contributed by atoms with E-state index >= 15 is 0 Å². The van der Waals surface area contributed by atoms with E-state index in [2.05, 4.69) is 10.3 Å². The summed E-state index contributed by atoms with van der Waals surface area (Å²) in [6, 6.07) is 12.3. The van der Waals surface area contributed by atoms with E-state index in [1.165, 1.54) is 4.31 Å². The largest absolute Gasteiger partial charge is 0.322 e. The van der Waals surface area contributed by atoms with E-state index in [0.29, 0.717) is 31.9 Å². The maximum absolute atomic E-state index is 12.5. The lowest BCUT2D eigenvalue weighted by Gasteiger charge is -2.34. The Bertz CT molecular complexity index is 804. The van der Waals surface area contributed by atoms with E-state index in [-0.39, 0.29) is 11.8 Å². The molecule has 2 aromatic rings. The third kappa shape index (κ3) is 4.55. The summed E-state index contributed by atoms with van der Waals surface area (Å²) in [5, 5.41) is 2.78. The minimum atomic E-state index is -3.38. The average molecular weight is 360 g/mol. The van der Waals surface area contributed by atoms with Gasteiger partial charge in [-0.2, -0.15) is 4.31 Å². The lowest BCUT2D eigenvalue weighted by molar-refractivity contribution is 0.184. The number of urea groups is 1. The molecule has 2 amide bonds. The van der Waals surface area contributed by atoms with Crippen LogP contribution in [0, 0.1) is 0 Å². The SMILES string of the molecule is O=C(Nc1ccncc1)N1CCN(S(=O)(=O)Cc2ccccc2)CC1. The predicted molar refractivity (Wildman–Crippen MR) is 95.5 cm³/mol. The maximum atomic E-state index is 12.5. The number of sulfonamides is 1. The van der Waals surface area contributed by atoms with Gasteiger partial charge in [-0.05, 0) is 17.7 Å². The number of piperazine rings is 1. The van der Waals surface area contributed by atoms with E-state index in [9.17, 15) is 13.2 Å². The molecule has 2 heterocycles. The summed E-state index contributed by atoms with van der Waals surface area (Å²) < 4.78 is 26.5. The average Bonchev–Trinajstić information content (AvgIpc) is 2.63. The van der Waals surface area contributed by atoms with Gasteiger partial charge in [-0.15, -0.1) is 0 Å². The monoisotopic (exact) mass is 360 g/mol. The number of nitrogens with zero attached hydrogens (tertiary/aromatic N) is 3. The number of aromatic nitrogens is 1. The summed E-state index contributed by atoms with van der Waals surface area (Å²) >= 11 is 0. The Morgan fingerprint density at radius 3 is 2.28 bits per heavy atom. The fourth-order valence-corrected chi connectivity index (χ4v) is 4.20. The van der Waals surface area contributed by atoms with Gasteiger partial charge in [0, 0.05) is 44.3 Å². The first-order valence-electron chi connectivity index (χ1n) is 8.02. The van der Waals surface area contributed by atoms with Crippen molar-refractivity contribution in [3.63, 3.8) is 0 Å². The summed E-state index contributed by atoms with van der Waals surface area (Å²) in [5.41, 5.74) is 1.43. The lowest BCUT2D eigenvalue weighted by Crippen LogP contribution is -2.51. The highest BCUT2D eigenvalue weighted by molar-refractivity contribution is 7.88. The van der Waals surface area contributed by atoms with Gasteiger partial charge in [0.1, 0.15) is 0 Å². The van der Waals surface area contributed by atoms with Gasteiger partial charge in [0.15, 0.2) is 0 Å². The normalized spacial score (nSPS) is 15.8. The standard InChI is InChI=1S/C17H20N4O3S/c22-17(19-16-6-8-18-9-7-16)20-10-12-21(13-11-20)25(23,24)14-15-4-2-1-3-5-15/h1-9H,10-14H2,(H,18,19,22). The molecule has 8 heteroatoms. The van der Waals surface area contributed by atoms with E-state index < -0.39 is 10.0 Å². The third-order valence-electron chi connectivity index (χ3n) is 4.04. The second kappa shape index (κ2) is 7.62. The number of carbonyl (C=O) groups excluding carboxylic acids is 1. The first kappa shape index (κ1) is 17.4. The number of pyridine rings is 1. The number of nitrogens with one attached hydrogen (secondary N) is 1. The number of carbonyl (C=O) groups is 1. The second-order valence-electron chi connectivity index (χ2n) is 5.79. The second-order valence-corrected chi connectivity index (χ2v) is 7.76. The molecule has 0 radical (unpaired) electrons. The molecule has 0 aliphatic carbocycles. The molecule has 1 aromatic carbocycles. The topological polar surface area (TPSA) is 82.6 Å². The number of hydrogen-bond acceptors (Lipinski definition) is 4. The summed E-state index contributed by atoms with van der Waals surface area (Å²) in [6.45, 7) is 1.34. The fraction of sp³-hybridized carbons (Fsp3) is 0.294. The van der Waals surface area contributed by atoms with Crippen molar-refractivity contribution < 1.29 is 13.2 Å². The Hall–Kier alpha value is -2.45. The van der Waals surface area contributed by atoms with Gasteiger partial charge in [0.25, 0.3) is 0 Å². The Kier molecular flexibility index (Phi) is 5.30. The summed E-state index contributed by atoms with van der Waals surface area (Å²) in [6.07, 6.45) is 3.20. The molecule has 1 N–H and O–H groups in total. The van der Waals surface area contributed by atoms with Gasteiger partial charge in [-0.3, -0.25) is 4.98 Å². The molecular formula is C17H20N4O3S. The van der Waals surface area contributed by atoms with Gasteiger partial charge < -0.3 is 10.2 Å². The lowest BCUT2D eigenvalue weighted by atomic mass is 10.2. The van der Waals surface area contributed by atoms with Crippen LogP contribution in [0.4, 0.5) is 10.5 Å². The smallest absolute Gasteiger partial charge is 0.321 e. The molecule has 0 unspecified atom stereocenters. The molecule has 25 heavy (non-hydrogen) atoms. The van der Waals surface area contributed by atoms with Gasteiger partial charge >= 0.3 is 6.03 Å². The molecule has 0 bridgehead atoms. The zero-order chi connectivity index (χ0) is 17.7. The van der Waals surface area contributed by atoms with Crippen LogP contribution in [-0.2, 0) is 15.8 Å². The molecule has 1 aromatic heterocycles. The van der Waals surface area contributed by atoms with Crippen LogP contribution < -0.4 is 5.32 Å². The summed E-state index contributed by atoms with van der Waals surface area (Å²) in [4.78, 5) is 17.8. The molecule has 0 saturated carbocycles. The number of benzene rings is 1. The predicted octanol–water partition coefficient (Wildman–Crippen LogP) is 1.76. The van der Waals surface area contributed by atoms with E-state index in [1.807, 2.05) is 18.2 Å². The number of rotatable bonds is 4. The number of amides is 2. The van der Waals surface area contributed by atoms with E-state index in [0.717, 1.165) is 5.56 Å². The maximum Gasteiger partial charge on any atom is 0.321 e.